The van der Waals surface area contributed by atoms with Gasteiger partial charge in [-0.25, -0.2) is 9.66 Å². The van der Waals surface area contributed by atoms with Crippen LogP contribution in [0.2, 0.25) is 0 Å². The number of nitrogens with one attached hydrogen (secondary N) is 1. The zero-order valence-electron chi connectivity index (χ0n) is 12.5. The van der Waals surface area contributed by atoms with Gasteiger partial charge >= 0.3 is 0 Å². The fourth-order valence-electron chi connectivity index (χ4n) is 2.25. The molecule has 0 aliphatic heterocycles. The Labute approximate surface area is 135 Å². The molecule has 3 rings (SSSR count). The van der Waals surface area contributed by atoms with Crippen LogP contribution in [-0.2, 0) is 6.42 Å². The summed E-state index contributed by atoms with van der Waals surface area (Å²) in [5.41, 5.74) is 2.95. The second kappa shape index (κ2) is 5.66. The summed E-state index contributed by atoms with van der Waals surface area (Å²) in [6, 6.07) is 3.67. The quantitative estimate of drug-likeness (QED) is 0.801. The first-order chi connectivity index (χ1) is 10.5. The zero-order chi connectivity index (χ0) is 15.9. The van der Waals surface area contributed by atoms with Gasteiger partial charge in [-0.15, -0.1) is 22.7 Å². The zero-order valence-corrected chi connectivity index (χ0v) is 14.1. The third kappa shape index (κ3) is 2.57. The first-order valence-electron chi connectivity index (χ1n) is 6.88. The smallest absolute Gasteiger partial charge is 0.267 e. The highest BCUT2D eigenvalue weighted by Crippen LogP contribution is 2.22. The number of hydrogen-bond donors (Lipinski definition) is 1. The van der Waals surface area contributed by atoms with Gasteiger partial charge in [0.05, 0.1) is 10.9 Å². The van der Waals surface area contributed by atoms with Gasteiger partial charge in [-0.3, -0.25) is 15.0 Å². The monoisotopic (exact) mass is 333 g/mol. The second-order valence-electron chi connectivity index (χ2n) is 4.97. The number of carbonyl (C=O) groups is 1. The molecule has 0 unspecified atom stereocenters. The summed E-state index contributed by atoms with van der Waals surface area (Å²) >= 11 is 3.06. The first-order valence-corrected chi connectivity index (χ1v) is 8.51. The van der Waals surface area contributed by atoms with Crippen molar-refractivity contribution in [3.63, 3.8) is 0 Å². The number of aromatic nitrogens is 2. The van der Waals surface area contributed by atoms with E-state index in [1.165, 1.54) is 17.7 Å². The van der Waals surface area contributed by atoms with Gasteiger partial charge in [-0.05, 0) is 32.4 Å². The van der Waals surface area contributed by atoms with Crippen molar-refractivity contribution in [1.82, 2.24) is 9.66 Å². The van der Waals surface area contributed by atoms with Crippen LogP contribution in [0.1, 0.15) is 31.9 Å². The molecule has 3 aromatic heterocycles. The van der Waals surface area contributed by atoms with Gasteiger partial charge in [0.1, 0.15) is 11.2 Å². The molecular weight excluding hydrogens is 318 g/mol. The van der Waals surface area contributed by atoms with Crippen LogP contribution in [0.4, 0.5) is 0 Å². The molecule has 7 heteroatoms. The third-order valence-corrected chi connectivity index (χ3v) is 5.51. The highest BCUT2D eigenvalue weighted by molar-refractivity contribution is 7.18. The number of carbonyl (C=O) groups excluding carboxylic acids is 1. The van der Waals surface area contributed by atoms with Crippen LogP contribution in [0.3, 0.4) is 0 Å². The maximum atomic E-state index is 12.4. The van der Waals surface area contributed by atoms with Crippen LogP contribution in [0.25, 0.3) is 10.2 Å². The molecule has 0 aromatic carbocycles. The lowest BCUT2D eigenvalue weighted by atomic mass is 10.2. The van der Waals surface area contributed by atoms with Crippen LogP contribution >= 0.6 is 22.7 Å². The van der Waals surface area contributed by atoms with E-state index >= 15 is 0 Å². The molecule has 3 heterocycles. The van der Waals surface area contributed by atoms with Gasteiger partial charge in [0.2, 0.25) is 0 Å². The molecule has 3 aromatic rings. The van der Waals surface area contributed by atoms with E-state index in [1.54, 1.807) is 11.3 Å². The van der Waals surface area contributed by atoms with Crippen molar-refractivity contribution in [2.45, 2.75) is 27.2 Å². The average Bonchev–Trinajstić information content (AvgIpc) is 3.05. The summed E-state index contributed by atoms with van der Waals surface area (Å²) in [5, 5.41) is 0.544. The molecule has 1 N–H and O–H groups in total. The summed E-state index contributed by atoms with van der Waals surface area (Å²) in [7, 11) is 0. The Morgan fingerprint density at radius 2 is 2.09 bits per heavy atom. The van der Waals surface area contributed by atoms with Gasteiger partial charge in [0.15, 0.2) is 0 Å². The predicted molar refractivity (Wildman–Crippen MR) is 90.7 cm³/mol. The molecular formula is C15H15N3O2S2. The fraction of sp³-hybridized carbons (Fsp3) is 0.267. The van der Waals surface area contributed by atoms with Gasteiger partial charge in [-0.1, -0.05) is 6.92 Å². The maximum Gasteiger partial charge on any atom is 0.280 e. The molecule has 5 nitrogen and oxygen atoms in total. The molecule has 0 saturated carbocycles. The Bertz CT molecular complexity index is 921. The molecule has 0 atom stereocenters. The maximum absolute atomic E-state index is 12.4. The number of amides is 1. The number of nitrogens with zero attached hydrogens (tertiary/aromatic N) is 2. The fourth-order valence-corrected chi connectivity index (χ4v) is 4.10. The van der Waals surface area contributed by atoms with Crippen molar-refractivity contribution < 1.29 is 4.79 Å². The standard InChI is InChI=1S/C15H15N3O2S2/c1-4-10-6-12-14(22-10)16-7-18(15(12)20)17-13(19)11-5-8(2)21-9(11)3/h5-7H,4H2,1-3H3,(H,17,19). The molecule has 0 saturated heterocycles. The van der Waals surface area contributed by atoms with Crippen molar-refractivity contribution in [3.8, 4) is 0 Å². The van der Waals surface area contributed by atoms with Crippen LogP contribution in [0.15, 0.2) is 23.3 Å². The summed E-state index contributed by atoms with van der Waals surface area (Å²) in [6.45, 7) is 5.88. The number of fused-ring (bicyclic) bond motifs is 1. The lowest BCUT2D eigenvalue weighted by Gasteiger charge is -2.06. The number of thiophene rings is 2. The summed E-state index contributed by atoms with van der Waals surface area (Å²) in [4.78, 5) is 32.8. The molecule has 0 aliphatic carbocycles. The largest absolute Gasteiger partial charge is 0.280 e. The van der Waals surface area contributed by atoms with Gasteiger partial charge in [0.25, 0.3) is 11.5 Å². The second-order valence-corrected chi connectivity index (χ2v) is 7.55. The molecule has 1 amide bonds. The number of hydrogen-bond acceptors (Lipinski definition) is 5. The van der Waals surface area contributed by atoms with E-state index in [-0.39, 0.29) is 11.5 Å². The first kappa shape index (κ1) is 14.9. The number of rotatable bonds is 3. The Hall–Kier alpha value is -1.99. The van der Waals surface area contributed by atoms with E-state index in [1.807, 2.05) is 32.9 Å². The molecule has 0 fully saturated rings. The third-order valence-electron chi connectivity index (χ3n) is 3.36. The minimum atomic E-state index is -0.295. The summed E-state index contributed by atoms with van der Waals surface area (Å²) in [6.07, 6.45) is 2.23. The Morgan fingerprint density at radius 3 is 2.73 bits per heavy atom. The van der Waals surface area contributed by atoms with Crippen molar-refractivity contribution >= 4 is 38.8 Å². The van der Waals surface area contributed by atoms with Crippen molar-refractivity contribution in [1.29, 1.82) is 0 Å². The lowest BCUT2D eigenvalue weighted by molar-refractivity contribution is 0.101. The Morgan fingerprint density at radius 1 is 1.32 bits per heavy atom. The van der Waals surface area contributed by atoms with Gasteiger partial charge < -0.3 is 0 Å². The van der Waals surface area contributed by atoms with E-state index in [2.05, 4.69) is 10.4 Å². The normalized spacial score (nSPS) is 11.0. The summed E-state index contributed by atoms with van der Waals surface area (Å²) in [5.74, 6) is -0.295. The topological polar surface area (TPSA) is 64.0 Å². The molecule has 0 aliphatic rings. The lowest BCUT2D eigenvalue weighted by Crippen LogP contribution is -2.33. The van der Waals surface area contributed by atoms with E-state index in [9.17, 15) is 9.59 Å². The van der Waals surface area contributed by atoms with E-state index in [0.717, 1.165) is 25.7 Å². The van der Waals surface area contributed by atoms with Crippen LogP contribution in [-0.4, -0.2) is 15.6 Å². The number of aryl methyl sites for hydroxylation is 3. The Balaban J connectivity index is 1.97. The SMILES string of the molecule is CCc1cc2c(=O)n(NC(=O)c3cc(C)sc3C)cnc2s1. The highest BCUT2D eigenvalue weighted by atomic mass is 32.1. The predicted octanol–water partition coefficient (Wildman–Crippen LogP) is 3.08. The molecule has 0 radical (unpaired) electrons. The van der Waals surface area contributed by atoms with Crippen LogP contribution in [0.5, 0.6) is 0 Å². The minimum absolute atomic E-state index is 0.251. The highest BCUT2D eigenvalue weighted by Gasteiger charge is 2.14. The van der Waals surface area contributed by atoms with Gasteiger partial charge in [-0.2, -0.15) is 0 Å². The van der Waals surface area contributed by atoms with E-state index < -0.39 is 0 Å². The molecule has 114 valence electrons. The molecule has 0 spiro atoms. The van der Waals surface area contributed by atoms with E-state index in [4.69, 9.17) is 0 Å². The van der Waals surface area contributed by atoms with E-state index in [0.29, 0.717) is 15.8 Å². The average molecular weight is 333 g/mol. The van der Waals surface area contributed by atoms with Crippen molar-refractivity contribution in [3.05, 3.63) is 49.0 Å². The molecule has 22 heavy (non-hydrogen) atoms. The summed E-state index contributed by atoms with van der Waals surface area (Å²) < 4.78 is 1.16. The minimum Gasteiger partial charge on any atom is -0.267 e. The van der Waals surface area contributed by atoms with Crippen LogP contribution < -0.4 is 11.0 Å². The van der Waals surface area contributed by atoms with Crippen molar-refractivity contribution in [2.75, 3.05) is 5.43 Å². The van der Waals surface area contributed by atoms with Crippen LogP contribution in [0, 0.1) is 13.8 Å². The molecule has 0 bridgehead atoms. The van der Waals surface area contributed by atoms with Gasteiger partial charge in [0, 0.05) is 14.6 Å². The Kier molecular flexibility index (Phi) is 3.84. The van der Waals surface area contributed by atoms with Crippen molar-refractivity contribution in [2.24, 2.45) is 0 Å².